The lowest BCUT2D eigenvalue weighted by Crippen LogP contribution is -2.18. The van der Waals surface area contributed by atoms with Crippen LogP contribution >= 0.6 is 11.3 Å². The summed E-state index contributed by atoms with van der Waals surface area (Å²) in [4.78, 5) is 2.86. The van der Waals surface area contributed by atoms with Gasteiger partial charge in [0.15, 0.2) is 0 Å². The summed E-state index contributed by atoms with van der Waals surface area (Å²) in [6.07, 6.45) is 3.38. The molecule has 1 aromatic heterocycles. The van der Waals surface area contributed by atoms with Gasteiger partial charge in [-0.25, -0.2) is 0 Å². The van der Waals surface area contributed by atoms with Crippen LogP contribution in [0.1, 0.15) is 36.9 Å². The molecule has 0 amide bonds. The van der Waals surface area contributed by atoms with Gasteiger partial charge in [0.2, 0.25) is 0 Å². The molecular weight excluding hydrogens is 192 g/mol. The topological polar surface area (TPSA) is 20.2 Å². The summed E-state index contributed by atoms with van der Waals surface area (Å²) in [5, 5.41) is 9.17. The van der Waals surface area contributed by atoms with Crippen LogP contribution in [0.15, 0.2) is 12.1 Å². The molecule has 80 valence electrons. The Bertz CT molecular complexity index is 276. The minimum atomic E-state index is 0.0222. The molecule has 2 heteroatoms. The monoisotopic (exact) mass is 212 g/mol. The number of hydrogen-bond acceptors (Lipinski definition) is 2. The molecule has 0 aliphatic heterocycles. The summed E-state index contributed by atoms with van der Waals surface area (Å²) >= 11 is 1.89. The van der Waals surface area contributed by atoms with E-state index in [1.54, 1.807) is 0 Å². The summed E-state index contributed by atoms with van der Waals surface area (Å²) in [6.45, 7) is 6.67. The molecule has 0 aliphatic rings. The first kappa shape index (κ1) is 11.7. The van der Waals surface area contributed by atoms with Gasteiger partial charge < -0.3 is 5.11 Å². The van der Waals surface area contributed by atoms with Crippen molar-refractivity contribution in [3.63, 3.8) is 0 Å². The minimum absolute atomic E-state index is 0.0222. The van der Waals surface area contributed by atoms with Crippen LogP contribution in [0.25, 0.3) is 0 Å². The highest BCUT2D eigenvalue weighted by Crippen LogP contribution is 2.26. The zero-order valence-electron chi connectivity index (χ0n) is 9.34. The summed E-state index contributed by atoms with van der Waals surface area (Å²) in [7, 11) is 0. The van der Waals surface area contributed by atoms with E-state index in [2.05, 4.69) is 32.9 Å². The van der Waals surface area contributed by atoms with E-state index in [1.165, 1.54) is 22.6 Å². The Balaban J connectivity index is 2.59. The number of aryl methyl sites for hydroxylation is 1. The van der Waals surface area contributed by atoms with Crippen molar-refractivity contribution in [1.82, 2.24) is 0 Å². The molecule has 1 N–H and O–H groups in total. The predicted octanol–water partition coefficient (Wildman–Crippen LogP) is 3.26. The molecule has 0 aliphatic carbocycles. The number of aliphatic hydroxyl groups is 1. The highest BCUT2D eigenvalue weighted by Gasteiger charge is 2.17. The van der Waals surface area contributed by atoms with E-state index in [1.807, 2.05) is 11.3 Å². The van der Waals surface area contributed by atoms with Crippen LogP contribution in [0.3, 0.4) is 0 Å². The molecule has 1 heterocycles. The normalized spacial score (nSPS) is 12.0. The first-order valence-electron chi connectivity index (χ1n) is 5.26. The van der Waals surface area contributed by atoms with Gasteiger partial charge in [-0.1, -0.05) is 27.2 Å². The van der Waals surface area contributed by atoms with Crippen LogP contribution in [0.2, 0.25) is 0 Å². The Hall–Kier alpha value is -0.340. The molecule has 1 nitrogen and oxygen atoms in total. The fraction of sp³-hybridized carbons (Fsp3) is 0.667. The van der Waals surface area contributed by atoms with E-state index in [0.717, 1.165) is 6.42 Å². The Labute approximate surface area is 90.8 Å². The molecule has 0 atom stereocenters. The van der Waals surface area contributed by atoms with Crippen LogP contribution < -0.4 is 0 Å². The Kier molecular flexibility index (Phi) is 4.14. The highest BCUT2D eigenvalue weighted by atomic mass is 32.1. The van der Waals surface area contributed by atoms with Gasteiger partial charge in [-0.2, -0.15) is 0 Å². The second-order valence-corrected chi connectivity index (χ2v) is 5.87. The van der Waals surface area contributed by atoms with Gasteiger partial charge in [-0.05, 0) is 30.4 Å². The third-order valence-electron chi connectivity index (χ3n) is 2.29. The maximum atomic E-state index is 9.17. The zero-order valence-corrected chi connectivity index (χ0v) is 10.2. The molecule has 0 fully saturated rings. The van der Waals surface area contributed by atoms with E-state index in [9.17, 15) is 5.11 Å². The third-order valence-corrected chi connectivity index (χ3v) is 3.44. The quantitative estimate of drug-likeness (QED) is 0.794. The molecule has 0 bridgehead atoms. The fourth-order valence-corrected chi connectivity index (χ4v) is 2.80. The zero-order chi connectivity index (χ0) is 10.6. The van der Waals surface area contributed by atoms with E-state index < -0.39 is 0 Å². The Morgan fingerprint density at radius 1 is 1.29 bits per heavy atom. The predicted molar refractivity (Wildman–Crippen MR) is 62.9 cm³/mol. The first-order chi connectivity index (χ1) is 6.57. The second-order valence-electron chi connectivity index (χ2n) is 4.62. The highest BCUT2D eigenvalue weighted by molar-refractivity contribution is 7.11. The summed E-state index contributed by atoms with van der Waals surface area (Å²) in [5.41, 5.74) is 0.0222. The molecule has 1 rings (SSSR count). The molecule has 1 aromatic rings. The SMILES string of the molecule is CCCc1ccc(CC(C)(C)CO)s1. The number of hydrogen-bond donors (Lipinski definition) is 1. The van der Waals surface area contributed by atoms with E-state index in [0.29, 0.717) is 0 Å². The van der Waals surface area contributed by atoms with Crippen molar-refractivity contribution in [2.24, 2.45) is 5.41 Å². The van der Waals surface area contributed by atoms with Crippen molar-refractivity contribution in [2.75, 3.05) is 6.61 Å². The molecule has 14 heavy (non-hydrogen) atoms. The van der Waals surface area contributed by atoms with Crippen molar-refractivity contribution in [1.29, 1.82) is 0 Å². The van der Waals surface area contributed by atoms with Crippen LogP contribution in [0.5, 0.6) is 0 Å². The van der Waals surface area contributed by atoms with Gasteiger partial charge in [0.25, 0.3) is 0 Å². The molecule has 0 unspecified atom stereocenters. The maximum Gasteiger partial charge on any atom is 0.0485 e. The van der Waals surface area contributed by atoms with Gasteiger partial charge in [0, 0.05) is 16.4 Å². The van der Waals surface area contributed by atoms with Gasteiger partial charge in [-0.3, -0.25) is 0 Å². The lowest BCUT2D eigenvalue weighted by atomic mass is 9.90. The molecule has 0 saturated carbocycles. The largest absolute Gasteiger partial charge is 0.396 e. The first-order valence-corrected chi connectivity index (χ1v) is 6.07. The standard InChI is InChI=1S/C12H20OS/c1-4-5-10-6-7-11(14-10)8-12(2,3)9-13/h6-7,13H,4-5,8-9H2,1-3H3. The van der Waals surface area contributed by atoms with Gasteiger partial charge in [-0.15, -0.1) is 11.3 Å². The van der Waals surface area contributed by atoms with E-state index in [-0.39, 0.29) is 12.0 Å². The second kappa shape index (κ2) is 4.94. The summed E-state index contributed by atoms with van der Waals surface area (Å²) in [6, 6.07) is 4.42. The smallest absolute Gasteiger partial charge is 0.0485 e. The van der Waals surface area contributed by atoms with Gasteiger partial charge >= 0.3 is 0 Å². The van der Waals surface area contributed by atoms with Crippen LogP contribution in [0, 0.1) is 5.41 Å². The number of rotatable bonds is 5. The van der Waals surface area contributed by atoms with Crippen LogP contribution in [-0.2, 0) is 12.8 Å². The summed E-state index contributed by atoms with van der Waals surface area (Å²) < 4.78 is 0. The molecule has 0 saturated heterocycles. The fourth-order valence-electron chi connectivity index (χ4n) is 1.43. The lowest BCUT2D eigenvalue weighted by Gasteiger charge is -2.20. The minimum Gasteiger partial charge on any atom is -0.396 e. The Morgan fingerprint density at radius 3 is 2.50 bits per heavy atom. The number of aliphatic hydroxyl groups excluding tert-OH is 1. The van der Waals surface area contributed by atoms with E-state index in [4.69, 9.17) is 0 Å². The average Bonchev–Trinajstić information content (AvgIpc) is 2.53. The van der Waals surface area contributed by atoms with Crippen molar-refractivity contribution in [3.8, 4) is 0 Å². The average molecular weight is 212 g/mol. The number of thiophene rings is 1. The van der Waals surface area contributed by atoms with Crippen LogP contribution in [0.4, 0.5) is 0 Å². The summed E-state index contributed by atoms with van der Waals surface area (Å²) in [5.74, 6) is 0. The lowest BCUT2D eigenvalue weighted by molar-refractivity contribution is 0.160. The molecule has 0 spiro atoms. The van der Waals surface area contributed by atoms with Gasteiger partial charge in [0.05, 0.1) is 0 Å². The molecule has 0 aromatic carbocycles. The molecule has 0 radical (unpaired) electrons. The third kappa shape index (κ3) is 3.43. The molecular formula is C12H20OS. The van der Waals surface area contributed by atoms with Crippen molar-refractivity contribution < 1.29 is 5.11 Å². The van der Waals surface area contributed by atoms with Crippen LogP contribution in [-0.4, -0.2) is 11.7 Å². The van der Waals surface area contributed by atoms with E-state index >= 15 is 0 Å². The van der Waals surface area contributed by atoms with Crippen molar-refractivity contribution in [2.45, 2.75) is 40.0 Å². The van der Waals surface area contributed by atoms with Crippen molar-refractivity contribution in [3.05, 3.63) is 21.9 Å². The Morgan fingerprint density at radius 2 is 1.93 bits per heavy atom. The van der Waals surface area contributed by atoms with Gasteiger partial charge in [0.1, 0.15) is 0 Å². The van der Waals surface area contributed by atoms with Crippen molar-refractivity contribution >= 4 is 11.3 Å². The maximum absolute atomic E-state index is 9.17.